The van der Waals surface area contributed by atoms with Gasteiger partial charge in [-0.3, -0.25) is 9.69 Å². The standard InChI is InChI=1S/C21H28FN5O/c1-15-18(13-24-21(25-15)26(2)3)20(28)23-14-19(27-11-5-4-6-12-27)16-7-9-17(22)10-8-16/h7-10,13,19H,4-6,11-12,14H2,1-3H3,(H,23,28)/t19-/m0/s1. The number of piperidine rings is 1. The lowest BCUT2D eigenvalue weighted by atomic mass is 10.0. The summed E-state index contributed by atoms with van der Waals surface area (Å²) >= 11 is 0. The number of rotatable bonds is 6. The van der Waals surface area contributed by atoms with Crippen molar-refractivity contribution in [3.8, 4) is 0 Å². The number of hydrogen-bond donors (Lipinski definition) is 1. The first kappa shape index (κ1) is 20.2. The number of aromatic nitrogens is 2. The molecule has 0 saturated carbocycles. The van der Waals surface area contributed by atoms with E-state index in [1.54, 1.807) is 23.2 Å². The molecule has 150 valence electrons. The Hall–Kier alpha value is -2.54. The van der Waals surface area contributed by atoms with Gasteiger partial charge in [-0.05, 0) is 50.6 Å². The van der Waals surface area contributed by atoms with Gasteiger partial charge in [-0.1, -0.05) is 18.6 Å². The molecule has 1 amide bonds. The molecule has 2 heterocycles. The van der Waals surface area contributed by atoms with Crippen LogP contribution in [0.4, 0.5) is 10.3 Å². The lowest BCUT2D eigenvalue weighted by Gasteiger charge is -2.35. The Balaban J connectivity index is 1.74. The highest BCUT2D eigenvalue weighted by Crippen LogP contribution is 2.24. The van der Waals surface area contributed by atoms with Crippen molar-refractivity contribution in [2.45, 2.75) is 32.2 Å². The van der Waals surface area contributed by atoms with Crippen LogP contribution in [0.2, 0.25) is 0 Å². The number of benzene rings is 1. The summed E-state index contributed by atoms with van der Waals surface area (Å²) in [6.45, 7) is 4.24. The van der Waals surface area contributed by atoms with Gasteiger partial charge in [-0.2, -0.15) is 0 Å². The van der Waals surface area contributed by atoms with Crippen LogP contribution in [-0.2, 0) is 0 Å². The number of carbonyl (C=O) groups excluding carboxylic acids is 1. The van der Waals surface area contributed by atoms with Gasteiger partial charge in [0.1, 0.15) is 5.82 Å². The molecule has 1 fully saturated rings. The van der Waals surface area contributed by atoms with E-state index in [1.165, 1.54) is 18.6 Å². The van der Waals surface area contributed by atoms with E-state index in [2.05, 4.69) is 20.2 Å². The zero-order valence-corrected chi connectivity index (χ0v) is 16.8. The fourth-order valence-electron chi connectivity index (χ4n) is 3.55. The number of nitrogens with zero attached hydrogens (tertiary/aromatic N) is 4. The maximum absolute atomic E-state index is 13.4. The maximum atomic E-state index is 13.4. The van der Waals surface area contributed by atoms with Crippen LogP contribution >= 0.6 is 0 Å². The Morgan fingerprint density at radius 2 is 1.89 bits per heavy atom. The van der Waals surface area contributed by atoms with Crippen LogP contribution in [0.15, 0.2) is 30.5 Å². The average molecular weight is 385 g/mol. The Morgan fingerprint density at radius 3 is 2.50 bits per heavy atom. The summed E-state index contributed by atoms with van der Waals surface area (Å²) in [6, 6.07) is 6.59. The van der Waals surface area contributed by atoms with Crippen LogP contribution in [0.25, 0.3) is 0 Å². The van der Waals surface area contributed by atoms with E-state index in [9.17, 15) is 9.18 Å². The second kappa shape index (κ2) is 9.10. The third-order valence-corrected chi connectivity index (χ3v) is 5.15. The molecule has 1 aliphatic rings. The SMILES string of the molecule is Cc1nc(N(C)C)ncc1C(=O)NC[C@@H](c1ccc(F)cc1)N1CCCCC1. The molecule has 1 aromatic carbocycles. The number of anilines is 1. The predicted octanol–water partition coefficient (Wildman–Crippen LogP) is 2.95. The zero-order valence-electron chi connectivity index (χ0n) is 16.8. The number of halogens is 1. The first-order valence-corrected chi connectivity index (χ1v) is 9.74. The van der Waals surface area contributed by atoms with Crippen molar-refractivity contribution in [2.75, 3.05) is 38.6 Å². The number of aryl methyl sites for hydroxylation is 1. The molecule has 0 spiro atoms. The average Bonchev–Trinajstić information content (AvgIpc) is 2.70. The Kier molecular flexibility index (Phi) is 6.57. The van der Waals surface area contributed by atoms with Gasteiger partial charge in [-0.25, -0.2) is 14.4 Å². The molecule has 0 unspecified atom stereocenters. The lowest BCUT2D eigenvalue weighted by Crippen LogP contribution is -2.40. The van der Waals surface area contributed by atoms with Gasteiger partial charge in [0.25, 0.3) is 5.91 Å². The van der Waals surface area contributed by atoms with Crippen LogP contribution < -0.4 is 10.2 Å². The second-order valence-electron chi connectivity index (χ2n) is 7.44. The van der Waals surface area contributed by atoms with E-state index >= 15 is 0 Å². The summed E-state index contributed by atoms with van der Waals surface area (Å²) in [5.41, 5.74) is 2.13. The van der Waals surface area contributed by atoms with Crippen molar-refractivity contribution in [1.82, 2.24) is 20.2 Å². The molecule has 1 saturated heterocycles. The highest BCUT2D eigenvalue weighted by atomic mass is 19.1. The number of amides is 1. The monoisotopic (exact) mass is 385 g/mol. The third kappa shape index (κ3) is 4.84. The Labute approximate surface area is 165 Å². The van der Waals surface area contributed by atoms with Gasteiger partial charge in [0.05, 0.1) is 17.3 Å². The van der Waals surface area contributed by atoms with Gasteiger partial charge in [0, 0.05) is 26.8 Å². The minimum absolute atomic E-state index is 0.0205. The molecule has 2 aromatic rings. The van der Waals surface area contributed by atoms with Crippen LogP contribution in [0, 0.1) is 12.7 Å². The van der Waals surface area contributed by atoms with Gasteiger partial charge in [0.2, 0.25) is 5.95 Å². The largest absolute Gasteiger partial charge is 0.350 e. The highest BCUT2D eigenvalue weighted by Gasteiger charge is 2.23. The fraction of sp³-hybridized carbons (Fsp3) is 0.476. The predicted molar refractivity (Wildman–Crippen MR) is 108 cm³/mol. The topological polar surface area (TPSA) is 61.4 Å². The molecule has 1 aliphatic heterocycles. The van der Waals surface area contributed by atoms with Crippen molar-refractivity contribution >= 4 is 11.9 Å². The quantitative estimate of drug-likeness (QED) is 0.828. The van der Waals surface area contributed by atoms with Crippen LogP contribution in [0.1, 0.15) is 46.9 Å². The van der Waals surface area contributed by atoms with E-state index in [1.807, 2.05) is 21.0 Å². The number of nitrogens with one attached hydrogen (secondary N) is 1. The van der Waals surface area contributed by atoms with E-state index in [0.29, 0.717) is 23.8 Å². The highest BCUT2D eigenvalue weighted by molar-refractivity contribution is 5.95. The molecule has 0 radical (unpaired) electrons. The molecule has 3 rings (SSSR count). The van der Waals surface area contributed by atoms with E-state index in [4.69, 9.17) is 0 Å². The molecule has 1 atom stereocenters. The smallest absolute Gasteiger partial charge is 0.254 e. The van der Waals surface area contributed by atoms with Crippen molar-refractivity contribution < 1.29 is 9.18 Å². The number of carbonyl (C=O) groups is 1. The molecule has 1 N–H and O–H groups in total. The Morgan fingerprint density at radius 1 is 1.21 bits per heavy atom. The summed E-state index contributed by atoms with van der Waals surface area (Å²) in [5.74, 6) is 0.136. The third-order valence-electron chi connectivity index (χ3n) is 5.15. The number of likely N-dealkylation sites (tertiary alicyclic amines) is 1. The van der Waals surface area contributed by atoms with Gasteiger partial charge < -0.3 is 10.2 Å². The molecule has 28 heavy (non-hydrogen) atoms. The van der Waals surface area contributed by atoms with Crippen LogP contribution in [-0.4, -0.2) is 54.5 Å². The first-order chi connectivity index (χ1) is 13.5. The molecule has 0 bridgehead atoms. The van der Waals surface area contributed by atoms with Crippen molar-refractivity contribution in [3.05, 3.63) is 53.1 Å². The van der Waals surface area contributed by atoms with E-state index < -0.39 is 0 Å². The molecular weight excluding hydrogens is 357 g/mol. The molecular formula is C21H28FN5O. The summed E-state index contributed by atoms with van der Waals surface area (Å²) < 4.78 is 13.4. The summed E-state index contributed by atoms with van der Waals surface area (Å²) in [6.07, 6.45) is 5.09. The van der Waals surface area contributed by atoms with Crippen molar-refractivity contribution in [1.29, 1.82) is 0 Å². The summed E-state index contributed by atoms with van der Waals surface area (Å²) in [7, 11) is 3.72. The van der Waals surface area contributed by atoms with Crippen LogP contribution in [0.5, 0.6) is 0 Å². The van der Waals surface area contributed by atoms with Gasteiger partial charge in [-0.15, -0.1) is 0 Å². The van der Waals surface area contributed by atoms with Gasteiger partial charge >= 0.3 is 0 Å². The second-order valence-corrected chi connectivity index (χ2v) is 7.44. The van der Waals surface area contributed by atoms with Crippen molar-refractivity contribution in [3.63, 3.8) is 0 Å². The molecule has 0 aliphatic carbocycles. The molecule has 6 nitrogen and oxygen atoms in total. The van der Waals surface area contributed by atoms with E-state index in [-0.39, 0.29) is 17.8 Å². The lowest BCUT2D eigenvalue weighted by molar-refractivity contribution is 0.0923. The summed E-state index contributed by atoms with van der Waals surface area (Å²) in [5, 5.41) is 3.03. The number of hydrogen-bond acceptors (Lipinski definition) is 5. The molecule has 7 heteroatoms. The Bertz CT molecular complexity index is 803. The van der Waals surface area contributed by atoms with Crippen molar-refractivity contribution in [2.24, 2.45) is 0 Å². The van der Waals surface area contributed by atoms with Crippen LogP contribution in [0.3, 0.4) is 0 Å². The van der Waals surface area contributed by atoms with Gasteiger partial charge in [0.15, 0.2) is 0 Å². The minimum atomic E-state index is -0.251. The minimum Gasteiger partial charge on any atom is -0.350 e. The fourth-order valence-corrected chi connectivity index (χ4v) is 3.55. The molecule has 1 aromatic heterocycles. The normalized spacial score (nSPS) is 15.9. The van der Waals surface area contributed by atoms with E-state index in [0.717, 1.165) is 31.5 Å². The maximum Gasteiger partial charge on any atom is 0.254 e. The summed E-state index contributed by atoms with van der Waals surface area (Å²) in [4.78, 5) is 25.5. The zero-order chi connectivity index (χ0) is 20.1. The first-order valence-electron chi connectivity index (χ1n) is 9.74.